The minimum absolute atomic E-state index is 0.0681. The zero-order valence-corrected chi connectivity index (χ0v) is 9.22. The van der Waals surface area contributed by atoms with Crippen LogP contribution in [0.15, 0.2) is 24.3 Å². The molecule has 0 aliphatic carbocycles. The van der Waals surface area contributed by atoms with Crippen LogP contribution in [0.5, 0.6) is 5.75 Å². The second kappa shape index (κ2) is 4.53. The first-order valence-corrected chi connectivity index (χ1v) is 5.29. The summed E-state index contributed by atoms with van der Waals surface area (Å²) in [5.41, 5.74) is 1.18. The first kappa shape index (κ1) is 11.0. The molecule has 0 aromatic heterocycles. The second-order valence-corrected chi connectivity index (χ2v) is 4.14. The Labute approximate surface area is 94.4 Å². The lowest BCUT2D eigenvalue weighted by Crippen LogP contribution is -2.30. The molecule has 0 spiro atoms. The summed E-state index contributed by atoms with van der Waals surface area (Å²) in [6.45, 7) is 1.42. The van der Waals surface area contributed by atoms with E-state index < -0.39 is 5.97 Å². The molecule has 1 atom stereocenters. The molecule has 0 bridgehead atoms. The van der Waals surface area contributed by atoms with Gasteiger partial charge in [-0.15, -0.1) is 0 Å². The number of carboxylic acids is 1. The van der Waals surface area contributed by atoms with E-state index in [-0.39, 0.29) is 12.5 Å². The predicted octanol–water partition coefficient (Wildman–Crippen LogP) is 1.18. The van der Waals surface area contributed by atoms with Crippen molar-refractivity contribution in [1.82, 2.24) is 4.90 Å². The Morgan fingerprint density at radius 2 is 2.31 bits per heavy atom. The highest BCUT2D eigenvalue weighted by atomic mass is 16.5. The van der Waals surface area contributed by atoms with E-state index in [0.29, 0.717) is 13.2 Å². The standard InChI is InChI=1S/C12H15NO3/c1-13(7-12(14)15)6-9-8-16-11-5-3-2-4-10(9)11/h2-5,9H,6-8H2,1H3,(H,14,15). The van der Waals surface area contributed by atoms with Gasteiger partial charge in [-0.25, -0.2) is 0 Å². The highest BCUT2D eigenvalue weighted by molar-refractivity contribution is 5.69. The summed E-state index contributed by atoms with van der Waals surface area (Å²) in [7, 11) is 1.81. The van der Waals surface area contributed by atoms with Gasteiger partial charge in [-0.1, -0.05) is 18.2 Å². The first-order chi connectivity index (χ1) is 7.66. The van der Waals surface area contributed by atoms with Crippen molar-refractivity contribution >= 4 is 5.97 Å². The van der Waals surface area contributed by atoms with Crippen molar-refractivity contribution in [3.8, 4) is 5.75 Å². The first-order valence-electron chi connectivity index (χ1n) is 5.29. The summed E-state index contributed by atoms with van der Waals surface area (Å²) < 4.78 is 5.54. The number of fused-ring (bicyclic) bond motifs is 1. The summed E-state index contributed by atoms with van der Waals surface area (Å²) in [5.74, 6) is 0.409. The third kappa shape index (κ3) is 2.33. The normalized spacial score (nSPS) is 18.2. The summed E-state index contributed by atoms with van der Waals surface area (Å²) >= 11 is 0. The molecule has 0 radical (unpaired) electrons. The SMILES string of the molecule is CN(CC(=O)O)CC1COc2ccccc21. The molecule has 16 heavy (non-hydrogen) atoms. The fraction of sp³-hybridized carbons (Fsp3) is 0.417. The third-order valence-electron chi connectivity index (χ3n) is 2.74. The fourth-order valence-corrected chi connectivity index (χ4v) is 2.05. The minimum atomic E-state index is -0.797. The summed E-state index contributed by atoms with van der Waals surface area (Å²) in [5, 5.41) is 8.68. The average molecular weight is 221 g/mol. The number of carbonyl (C=O) groups is 1. The number of hydrogen-bond donors (Lipinski definition) is 1. The van der Waals surface area contributed by atoms with Gasteiger partial charge in [-0.2, -0.15) is 0 Å². The van der Waals surface area contributed by atoms with Crippen molar-refractivity contribution in [1.29, 1.82) is 0 Å². The smallest absolute Gasteiger partial charge is 0.317 e. The van der Waals surface area contributed by atoms with E-state index in [1.807, 2.05) is 31.3 Å². The number of likely N-dealkylation sites (N-methyl/N-ethyl adjacent to an activating group) is 1. The number of para-hydroxylation sites is 1. The molecular formula is C12H15NO3. The molecule has 1 aromatic carbocycles. The van der Waals surface area contributed by atoms with Crippen LogP contribution in [0, 0.1) is 0 Å². The van der Waals surface area contributed by atoms with Crippen molar-refractivity contribution in [2.24, 2.45) is 0 Å². The van der Waals surface area contributed by atoms with Crippen molar-refractivity contribution in [3.05, 3.63) is 29.8 Å². The van der Waals surface area contributed by atoms with Crippen LogP contribution in [-0.4, -0.2) is 42.7 Å². The Morgan fingerprint density at radius 3 is 3.06 bits per heavy atom. The number of nitrogens with zero attached hydrogens (tertiary/aromatic N) is 1. The third-order valence-corrected chi connectivity index (χ3v) is 2.74. The number of benzene rings is 1. The van der Waals surface area contributed by atoms with Gasteiger partial charge in [0.2, 0.25) is 0 Å². The molecule has 1 heterocycles. The predicted molar refractivity (Wildman–Crippen MR) is 59.8 cm³/mol. The Hall–Kier alpha value is -1.55. The van der Waals surface area contributed by atoms with Gasteiger partial charge in [-0.3, -0.25) is 9.69 Å². The molecule has 0 saturated heterocycles. The number of hydrogen-bond acceptors (Lipinski definition) is 3. The molecule has 2 rings (SSSR count). The topological polar surface area (TPSA) is 49.8 Å². The minimum Gasteiger partial charge on any atom is -0.493 e. The maximum absolute atomic E-state index is 10.6. The Bertz CT molecular complexity index is 392. The Kier molecular flexibility index (Phi) is 3.10. The van der Waals surface area contributed by atoms with Gasteiger partial charge in [0.1, 0.15) is 5.75 Å². The molecule has 86 valence electrons. The van der Waals surface area contributed by atoms with E-state index in [9.17, 15) is 4.79 Å². The summed E-state index contributed by atoms with van der Waals surface area (Å²) in [6.07, 6.45) is 0. The molecular weight excluding hydrogens is 206 g/mol. The molecule has 0 fully saturated rings. The lowest BCUT2D eigenvalue weighted by atomic mass is 10.0. The zero-order valence-electron chi connectivity index (χ0n) is 9.22. The van der Waals surface area contributed by atoms with Gasteiger partial charge < -0.3 is 9.84 Å². The van der Waals surface area contributed by atoms with E-state index in [1.165, 1.54) is 5.56 Å². The maximum atomic E-state index is 10.6. The lowest BCUT2D eigenvalue weighted by Gasteiger charge is -2.18. The number of ether oxygens (including phenoxy) is 1. The van der Waals surface area contributed by atoms with Gasteiger partial charge in [0.15, 0.2) is 0 Å². The maximum Gasteiger partial charge on any atom is 0.317 e. The molecule has 0 amide bonds. The molecule has 0 saturated carbocycles. The lowest BCUT2D eigenvalue weighted by molar-refractivity contribution is -0.138. The second-order valence-electron chi connectivity index (χ2n) is 4.14. The van der Waals surface area contributed by atoms with Crippen LogP contribution in [0.3, 0.4) is 0 Å². The van der Waals surface area contributed by atoms with E-state index in [2.05, 4.69) is 0 Å². The summed E-state index contributed by atoms with van der Waals surface area (Å²) in [4.78, 5) is 12.4. The monoisotopic (exact) mass is 221 g/mol. The van der Waals surface area contributed by atoms with Crippen LogP contribution in [-0.2, 0) is 4.79 Å². The summed E-state index contributed by atoms with van der Waals surface area (Å²) in [6, 6.07) is 7.92. The van der Waals surface area contributed by atoms with Gasteiger partial charge in [0.25, 0.3) is 0 Å². The van der Waals surface area contributed by atoms with Gasteiger partial charge in [0, 0.05) is 18.0 Å². The molecule has 1 aliphatic heterocycles. The van der Waals surface area contributed by atoms with E-state index in [0.717, 1.165) is 5.75 Å². The van der Waals surface area contributed by atoms with E-state index >= 15 is 0 Å². The fourth-order valence-electron chi connectivity index (χ4n) is 2.05. The number of aliphatic carboxylic acids is 1. The zero-order chi connectivity index (χ0) is 11.5. The molecule has 1 aromatic rings. The molecule has 4 nitrogen and oxygen atoms in total. The average Bonchev–Trinajstić information content (AvgIpc) is 2.61. The van der Waals surface area contributed by atoms with E-state index in [1.54, 1.807) is 4.90 Å². The van der Waals surface area contributed by atoms with E-state index in [4.69, 9.17) is 9.84 Å². The van der Waals surface area contributed by atoms with Crippen LogP contribution in [0.4, 0.5) is 0 Å². The van der Waals surface area contributed by atoms with Crippen molar-refractivity contribution in [2.45, 2.75) is 5.92 Å². The van der Waals surface area contributed by atoms with Crippen LogP contribution in [0.25, 0.3) is 0 Å². The quantitative estimate of drug-likeness (QED) is 0.829. The van der Waals surface area contributed by atoms with Crippen LogP contribution in [0.2, 0.25) is 0 Å². The van der Waals surface area contributed by atoms with Gasteiger partial charge >= 0.3 is 5.97 Å². The highest BCUT2D eigenvalue weighted by Crippen LogP contribution is 2.33. The van der Waals surface area contributed by atoms with Gasteiger partial charge in [-0.05, 0) is 13.1 Å². The Balaban J connectivity index is 2.00. The van der Waals surface area contributed by atoms with Crippen molar-refractivity contribution in [3.63, 3.8) is 0 Å². The van der Waals surface area contributed by atoms with Crippen molar-refractivity contribution in [2.75, 3.05) is 26.7 Å². The molecule has 1 aliphatic rings. The highest BCUT2D eigenvalue weighted by Gasteiger charge is 2.24. The number of carboxylic acid groups (broad SMARTS) is 1. The largest absolute Gasteiger partial charge is 0.493 e. The number of rotatable bonds is 4. The molecule has 1 N–H and O–H groups in total. The van der Waals surface area contributed by atoms with Crippen molar-refractivity contribution < 1.29 is 14.6 Å². The Morgan fingerprint density at radius 1 is 1.56 bits per heavy atom. The molecule has 4 heteroatoms. The van der Waals surface area contributed by atoms with Crippen LogP contribution in [0.1, 0.15) is 11.5 Å². The van der Waals surface area contributed by atoms with Crippen LogP contribution < -0.4 is 4.74 Å². The molecule has 1 unspecified atom stereocenters. The van der Waals surface area contributed by atoms with Gasteiger partial charge in [0.05, 0.1) is 13.2 Å². The van der Waals surface area contributed by atoms with Crippen LogP contribution >= 0.6 is 0 Å².